The first-order chi connectivity index (χ1) is 8.51. The van der Waals surface area contributed by atoms with Crippen molar-refractivity contribution in [1.29, 1.82) is 0 Å². The molecule has 0 aromatic heterocycles. The summed E-state index contributed by atoms with van der Waals surface area (Å²) in [5.41, 5.74) is 5.16. The van der Waals surface area contributed by atoms with Crippen molar-refractivity contribution in [3.05, 3.63) is 28.3 Å². The van der Waals surface area contributed by atoms with E-state index in [1.54, 1.807) is 7.11 Å². The summed E-state index contributed by atoms with van der Waals surface area (Å²) in [6, 6.07) is 2.11. The molecule has 0 unspecified atom stereocenters. The minimum Gasteiger partial charge on any atom is -0.496 e. The summed E-state index contributed by atoms with van der Waals surface area (Å²) in [7, 11) is 3.81. The molecule has 0 amide bonds. The maximum absolute atomic E-state index is 8.86. The van der Waals surface area contributed by atoms with E-state index in [1.807, 2.05) is 0 Å². The zero-order valence-corrected chi connectivity index (χ0v) is 12.2. The molecule has 0 aliphatic rings. The van der Waals surface area contributed by atoms with Gasteiger partial charge in [-0.2, -0.15) is 0 Å². The Hall–Kier alpha value is -1.06. The molecule has 0 saturated carbocycles. The minimum atomic E-state index is 0.254. The number of aryl methyl sites for hydroxylation is 1. The molecular formula is C15H25NO2. The van der Waals surface area contributed by atoms with Gasteiger partial charge in [-0.1, -0.05) is 0 Å². The van der Waals surface area contributed by atoms with Gasteiger partial charge in [-0.05, 0) is 62.6 Å². The fourth-order valence-electron chi connectivity index (χ4n) is 2.24. The molecule has 1 aromatic carbocycles. The molecule has 1 N–H and O–H groups in total. The third-order valence-corrected chi connectivity index (χ3v) is 3.55. The van der Waals surface area contributed by atoms with E-state index in [-0.39, 0.29) is 6.61 Å². The van der Waals surface area contributed by atoms with Gasteiger partial charge in [0.25, 0.3) is 0 Å². The number of nitrogens with zero attached hydrogens (tertiary/aromatic N) is 1. The van der Waals surface area contributed by atoms with Crippen molar-refractivity contribution < 1.29 is 9.84 Å². The smallest absolute Gasteiger partial charge is 0.122 e. The Morgan fingerprint density at radius 3 is 2.44 bits per heavy atom. The lowest BCUT2D eigenvalue weighted by molar-refractivity contribution is 0.244. The Balaban J connectivity index is 2.92. The summed E-state index contributed by atoms with van der Waals surface area (Å²) < 4.78 is 5.38. The van der Waals surface area contributed by atoms with Crippen LogP contribution in [0.5, 0.6) is 5.75 Å². The fourth-order valence-corrected chi connectivity index (χ4v) is 2.24. The molecule has 1 aromatic rings. The van der Waals surface area contributed by atoms with Crippen molar-refractivity contribution in [3.63, 3.8) is 0 Å². The predicted octanol–water partition coefficient (Wildman–Crippen LogP) is 2.43. The summed E-state index contributed by atoms with van der Waals surface area (Å²) in [6.45, 7) is 8.47. The van der Waals surface area contributed by atoms with E-state index in [0.29, 0.717) is 0 Å². The molecule has 3 nitrogen and oxygen atoms in total. The van der Waals surface area contributed by atoms with Gasteiger partial charge in [-0.3, -0.25) is 0 Å². The lowest BCUT2D eigenvalue weighted by atomic mass is 9.97. The fraction of sp³-hybridized carbons (Fsp3) is 0.600. The van der Waals surface area contributed by atoms with Gasteiger partial charge >= 0.3 is 0 Å². The second-order valence-electron chi connectivity index (χ2n) is 4.94. The molecule has 3 heteroatoms. The average Bonchev–Trinajstić information content (AvgIpc) is 2.36. The van der Waals surface area contributed by atoms with E-state index in [2.05, 4.69) is 38.8 Å². The van der Waals surface area contributed by atoms with Gasteiger partial charge in [-0.15, -0.1) is 0 Å². The lowest BCUT2D eigenvalue weighted by Crippen LogP contribution is -2.21. The molecule has 0 radical (unpaired) electrons. The normalized spacial score (nSPS) is 11.1. The number of hydrogen-bond acceptors (Lipinski definition) is 3. The molecule has 0 fully saturated rings. The van der Waals surface area contributed by atoms with Crippen LogP contribution >= 0.6 is 0 Å². The number of aliphatic hydroxyl groups is 1. The number of ether oxygens (including phenoxy) is 1. The highest BCUT2D eigenvalue weighted by Gasteiger charge is 2.12. The van der Waals surface area contributed by atoms with Crippen LogP contribution in [0.4, 0.5) is 0 Å². The Morgan fingerprint density at radius 2 is 1.89 bits per heavy atom. The molecule has 0 saturated heterocycles. The van der Waals surface area contributed by atoms with E-state index in [0.717, 1.165) is 25.3 Å². The summed E-state index contributed by atoms with van der Waals surface area (Å²) in [6.07, 6.45) is 0.823. The monoisotopic (exact) mass is 251 g/mol. The number of benzene rings is 1. The van der Waals surface area contributed by atoms with Crippen molar-refractivity contribution >= 4 is 0 Å². The summed E-state index contributed by atoms with van der Waals surface area (Å²) >= 11 is 0. The molecule has 102 valence electrons. The quantitative estimate of drug-likeness (QED) is 0.843. The number of methoxy groups -OCH3 is 1. The third kappa shape index (κ3) is 3.47. The van der Waals surface area contributed by atoms with Gasteiger partial charge in [-0.25, -0.2) is 0 Å². The highest BCUT2D eigenvalue weighted by molar-refractivity contribution is 5.48. The van der Waals surface area contributed by atoms with Crippen molar-refractivity contribution in [3.8, 4) is 5.75 Å². The molecule has 0 atom stereocenters. The number of hydrogen-bond donors (Lipinski definition) is 1. The van der Waals surface area contributed by atoms with Gasteiger partial charge in [0.2, 0.25) is 0 Å². The highest BCUT2D eigenvalue weighted by Crippen LogP contribution is 2.28. The first-order valence-corrected chi connectivity index (χ1v) is 6.44. The van der Waals surface area contributed by atoms with Crippen LogP contribution in [0.25, 0.3) is 0 Å². The Morgan fingerprint density at radius 1 is 1.22 bits per heavy atom. The lowest BCUT2D eigenvalue weighted by Gasteiger charge is -2.21. The van der Waals surface area contributed by atoms with Crippen LogP contribution in [0.15, 0.2) is 6.07 Å². The summed E-state index contributed by atoms with van der Waals surface area (Å²) in [4.78, 5) is 2.25. The zero-order valence-electron chi connectivity index (χ0n) is 12.2. The van der Waals surface area contributed by atoms with Gasteiger partial charge in [0.1, 0.15) is 5.75 Å². The second kappa shape index (κ2) is 6.76. The van der Waals surface area contributed by atoms with Crippen LogP contribution in [-0.2, 0) is 6.54 Å². The maximum Gasteiger partial charge on any atom is 0.122 e. The Labute approximate surface area is 110 Å². The van der Waals surface area contributed by atoms with Crippen LogP contribution in [0, 0.1) is 20.8 Å². The first-order valence-electron chi connectivity index (χ1n) is 6.44. The predicted molar refractivity (Wildman–Crippen MR) is 75.2 cm³/mol. The molecule has 0 aliphatic heterocycles. The number of aliphatic hydroxyl groups excluding tert-OH is 1. The molecule has 0 spiro atoms. The SMILES string of the molecule is COc1cc(C)c(CN(C)CCCO)c(C)c1C. The van der Waals surface area contributed by atoms with E-state index < -0.39 is 0 Å². The Kier molecular flexibility index (Phi) is 5.63. The standard InChI is InChI=1S/C15H25NO2/c1-11-9-15(18-5)13(3)12(2)14(11)10-16(4)7-6-8-17/h9,17H,6-8,10H2,1-5H3. The van der Waals surface area contributed by atoms with Gasteiger partial charge in [0.05, 0.1) is 7.11 Å². The van der Waals surface area contributed by atoms with E-state index in [4.69, 9.17) is 9.84 Å². The van der Waals surface area contributed by atoms with E-state index >= 15 is 0 Å². The molecule has 0 heterocycles. The third-order valence-electron chi connectivity index (χ3n) is 3.55. The maximum atomic E-state index is 8.86. The topological polar surface area (TPSA) is 32.7 Å². The van der Waals surface area contributed by atoms with Crippen molar-refractivity contribution in [2.75, 3.05) is 27.3 Å². The minimum absolute atomic E-state index is 0.254. The van der Waals surface area contributed by atoms with Crippen LogP contribution in [-0.4, -0.2) is 37.3 Å². The van der Waals surface area contributed by atoms with Crippen molar-refractivity contribution in [2.24, 2.45) is 0 Å². The molecule has 1 rings (SSSR count). The van der Waals surface area contributed by atoms with Gasteiger partial charge < -0.3 is 14.7 Å². The highest BCUT2D eigenvalue weighted by atomic mass is 16.5. The number of rotatable bonds is 6. The molecule has 0 bridgehead atoms. The molecule has 18 heavy (non-hydrogen) atoms. The summed E-state index contributed by atoms with van der Waals surface area (Å²) in [5, 5.41) is 8.86. The van der Waals surface area contributed by atoms with Crippen LogP contribution < -0.4 is 4.74 Å². The first kappa shape index (κ1) is 15.0. The van der Waals surface area contributed by atoms with Crippen LogP contribution in [0.3, 0.4) is 0 Å². The second-order valence-corrected chi connectivity index (χ2v) is 4.94. The molecular weight excluding hydrogens is 226 g/mol. The van der Waals surface area contributed by atoms with E-state index in [1.165, 1.54) is 22.3 Å². The zero-order chi connectivity index (χ0) is 13.7. The van der Waals surface area contributed by atoms with Crippen LogP contribution in [0.1, 0.15) is 28.7 Å². The van der Waals surface area contributed by atoms with E-state index in [9.17, 15) is 0 Å². The largest absolute Gasteiger partial charge is 0.496 e. The molecule has 0 aliphatic carbocycles. The van der Waals surface area contributed by atoms with Crippen molar-refractivity contribution in [2.45, 2.75) is 33.7 Å². The van der Waals surface area contributed by atoms with Crippen molar-refractivity contribution in [1.82, 2.24) is 4.90 Å². The van der Waals surface area contributed by atoms with Gasteiger partial charge in [0, 0.05) is 19.7 Å². The average molecular weight is 251 g/mol. The van der Waals surface area contributed by atoms with Gasteiger partial charge in [0.15, 0.2) is 0 Å². The Bertz CT molecular complexity index is 402. The summed E-state index contributed by atoms with van der Waals surface area (Å²) in [5.74, 6) is 0.965. The van der Waals surface area contributed by atoms with Crippen LogP contribution in [0.2, 0.25) is 0 Å².